The molecule has 0 unspecified atom stereocenters. The lowest BCUT2D eigenvalue weighted by Gasteiger charge is -2.18. The summed E-state index contributed by atoms with van der Waals surface area (Å²) < 4.78 is 3.97. The zero-order valence-electron chi connectivity index (χ0n) is 17.9. The highest BCUT2D eigenvalue weighted by Gasteiger charge is 2.17. The van der Waals surface area contributed by atoms with Crippen LogP contribution in [0.5, 0.6) is 0 Å². The molecule has 8 heteroatoms. The van der Waals surface area contributed by atoms with Gasteiger partial charge in [0.05, 0.1) is 18.1 Å². The Kier molecular flexibility index (Phi) is 5.24. The predicted octanol–water partition coefficient (Wildman–Crippen LogP) is 5.29. The van der Waals surface area contributed by atoms with Crippen LogP contribution >= 0.6 is 11.6 Å². The molecule has 0 saturated carbocycles. The van der Waals surface area contributed by atoms with Crippen molar-refractivity contribution < 1.29 is 0 Å². The third-order valence-corrected chi connectivity index (χ3v) is 5.16. The summed E-state index contributed by atoms with van der Waals surface area (Å²) in [6, 6.07) is 8.51. The molecule has 0 bridgehead atoms. The van der Waals surface area contributed by atoms with Gasteiger partial charge in [-0.3, -0.25) is 4.68 Å². The number of imidazole rings is 1. The van der Waals surface area contributed by atoms with Crippen LogP contribution in [0.15, 0.2) is 43.0 Å². The Morgan fingerprint density at radius 1 is 1.13 bits per heavy atom. The molecule has 0 aliphatic rings. The molecule has 3 aromatic heterocycles. The van der Waals surface area contributed by atoms with E-state index < -0.39 is 0 Å². The highest BCUT2D eigenvalue weighted by atomic mass is 35.5. The van der Waals surface area contributed by atoms with E-state index >= 15 is 0 Å². The third-order valence-electron chi connectivity index (χ3n) is 5.00. The minimum absolute atomic E-state index is 0.0655. The molecule has 156 valence electrons. The maximum Gasteiger partial charge on any atom is 0.226 e. The zero-order chi connectivity index (χ0) is 21.5. The van der Waals surface area contributed by atoms with E-state index in [1.807, 2.05) is 27.6 Å². The molecular formula is C22H26ClN7. The van der Waals surface area contributed by atoms with Crippen LogP contribution in [-0.4, -0.2) is 29.3 Å². The van der Waals surface area contributed by atoms with Crippen LogP contribution in [0.4, 0.5) is 5.82 Å². The van der Waals surface area contributed by atoms with Crippen molar-refractivity contribution in [2.24, 2.45) is 0 Å². The first kappa shape index (κ1) is 20.3. The fourth-order valence-corrected chi connectivity index (χ4v) is 3.52. The average Bonchev–Trinajstić information content (AvgIpc) is 3.33. The molecule has 1 N–H and O–H groups in total. The van der Waals surface area contributed by atoms with Crippen molar-refractivity contribution in [2.45, 2.75) is 52.7 Å². The number of hydrogen-bond donors (Lipinski definition) is 1. The Balaban J connectivity index is 1.65. The fraction of sp³-hybridized carbons (Fsp3) is 0.364. The van der Waals surface area contributed by atoms with Gasteiger partial charge in [-0.05, 0) is 57.3 Å². The Labute approximate surface area is 181 Å². The van der Waals surface area contributed by atoms with Crippen LogP contribution in [0.2, 0.25) is 5.28 Å². The molecule has 0 fully saturated rings. The first-order valence-corrected chi connectivity index (χ1v) is 10.4. The highest BCUT2D eigenvalue weighted by Crippen LogP contribution is 2.28. The van der Waals surface area contributed by atoms with E-state index in [4.69, 9.17) is 11.6 Å². The topological polar surface area (TPSA) is 73.5 Å². The van der Waals surface area contributed by atoms with Gasteiger partial charge in [0.1, 0.15) is 0 Å². The van der Waals surface area contributed by atoms with E-state index in [0.29, 0.717) is 17.9 Å². The first-order valence-electron chi connectivity index (χ1n) is 10.0. The Bertz CT molecular complexity index is 1180. The number of halogens is 1. The quantitative estimate of drug-likeness (QED) is 0.441. The van der Waals surface area contributed by atoms with Gasteiger partial charge in [0.2, 0.25) is 5.28 Å². The maximum atomic E-state index is 6.20. The smallest absolute Gasteiger partial charge is 0.226 e. The lowest BCUT2D eigenvalue weighted by atomic mass is 10.0. The van der Waals surface area contributed by atoms with Crippen LogP contribution in [0.3, 0.4) is 0 Å². The molecule has 4 aromatic rings. The van der Waals surface area contributed by atoms with Gasteiger partial charge < -0.3 is 9.88 Å². The molecule has 4 rings (SSSR count). The van der Waals surface area contributed by atoms with Crippen molar-refractivity contribution in [2.75, 3.05) is 5.32 Å². The van der Waals surface area contributed by atoms with Crippen molar-refractivity contribution in [3.63, 3.8) is 0 Å². The number of fused-ring (bicyclic) bond motifs is 1. The lowest BCUT2D eigenvalue weighted by molar-refractivity contribution is 0.355. The van der Waals surface area contributed by atoms with Crippen LogP contribution in [-0.2, 0) is 12.1 Å². The van der Waals surface area contributed by atoms with Crippen molar-refractivity contribution >= 4 is 28.6 Å². The van der Waals surface area contributed by atoms with E-state index in [1.54, 1.807) is 6.33 Å². The largest absolute Gasteiger partial charge is 0.364 e. The Morgan fingerprint density at radius 2 is 1.90 bits per heavy atom. The summed E-state index contributed by atoms with van der Waals surface area (Å²) in [5, 5.41) is 8.15. The molecule has 0 atom stereocenters. The maximum absolute atomic E-state index is 6.20. The fourth-order valence-electron chi connectivity index (χ4n) is 3.35. The summed E-state index contributed by atoms with van der Waals surface area (Å²) in [6.07, 6.45) is 5.78. The van der Waals surface area contributed by atoms with E-state index in [-0.39, 0.29) is 16.9 Å². The van der Waals surface area contributed by atoms with Crippen molar-refractivity contribution in [3.05, 3.63) is 53.8 Å². The number of rotatable bonds is 5. The molecule has 1 aromatic carbocycles. The summed E-state index contributed by atoms with van der Waals surface area (Å²) in [7, 11) is 0. The number of aromatic nitrogens is 6. The van der Waals surface area contributed by atoms with Gasteiger partial charge in [-0.2, -0.15) is 15.1 Å². The minimum atomic E-state index is -0.0655. The summed E-state index contributed by atoms with van der Waals surface area (Å²) in [5.41, 5.74) is 4.72. The molecule has 0 spiro atoms. The molecule has 0 saturated heterocycles. The standard InChI is InChI=1S/C22H26ClN7/c1-14(2)29-13-25-18-19(27-21(23)28-20(18)29)24-10-15-8-6-7-9-17(15)16-11-26-30(12-16)22(3,4)5/h6-9,11-14H,10H2,1-5H3,(H,24,27,28). The number of nitrogens with zero attached hydrogens (tertiary/aromatic N) is 6. The monoisotopic (exact) mass is 423 g/mol. The molecule has 0 aliphatic carbocycles. The van der Waals surface area contributed by atoms with Gasteiger partial charge in [0.15, 0.2) is 17.0 Å². The van der Waals surface area contributed by atoms with Crippen LogP contribution in [0, 0.1) is 0 Å². The van der Waals surface area contributed by atoms with E-state index in [9.17, 15) is 0 Å². The summed E-state index contributed by atoms with van der Waals surface area (Å²) >= 11 is 6.20. The zero-order valence-corrected chi connectivity index (χ0v) is 18.6. The van der Waals surface area contributed by atoms with Gasteiger partial charge in [-0.1, -0.05) is 24.3 Å². The number of anilines is 1. The molecule has 0 amide bonds. The second-order valence-electron chi connectivity index (χ2n) is 8.61. The van der Waals surface area contributed by atoms with Crippen molar-refractivity contribution in [3.8, 4) is 11.1 Å². The van der Waals surface area contributed by atoms with Crippen LogP contribution in [0.25, 0.3) is 22.3 Å². The van der Waals surface area contributed by atoms with Crippen LogP contribution < -0.4 is 5.32 Å². The van der Waals surface area contributed by atoms with Gasteiger partial charge in [-0.25, -0.2) is 4.98 Å². The second kappa shape index (κ2) is 7.72. The van der Waals surface area contributed by atoms with E-state index in [2.05, 4.69) is 78.3 Å². The highest BCUT2D eigenvalue weighted by molar-refractivity contribution is 6.28. The third kappa shape index (κ3) is 3.89. The van der Waals surface area contributed by atoms with E-state index in [1.165, 1.54) is 0 Å². The van der Waals surface area contributed by atoms with Gasteiger partial charge in [0.25, 0.3) is 0 Å². The number of benzene rings is 1. The summed E-state index contributed by atoms with van der Waals surface area (Å²) in [5.74, 6) is 0.629. The lowest BCUT2D eigenvalue weighted by Crippen LogP contribution is -2.21. The number of nitrogens with one attached hydrogen (secondary N) is 1. The van der Waals surface area contributed by atoms with Crippen LogP contribution in [0.1, 0.15) is 46.2 Å². The number of hydrogen-bond acceptors (Lipinski definition) is 5. The summed E-state index contributed by atoms with van der Waals surface area (Å²) in [6.45, 7) is 11.2. The van der Waals surface area contributed by atoms with Gasteiger partial charge in [0, 0.05) is 24.3 Å². The second-order valence-corrected chi connectivity index (χ2v) is 8.95. The Hall–Kier alpha value is -2.93. The van der Waals surface area contributed by atoms with Crippen molar-refractivity contribution in [1.82, 2.24) is 29.3 Å². The minimum Gasteiger partial charge on any atom is -0.364 e. The molecule has 3 heterocycles. The Morgan fingerprint density at radius 3 is 2.60 bits per heavy atom. The SMILES string of the molecule is CC(C)n1cnc2c(NCc3ccccc3-c3cnn(C(C)(C)C)c3)nc(Cl)nc21. The van der Waals surface area contributed by atoms with Crippen molar-refractivity contribution in [1.29, 1.82) is 0 Å². The molecular weight excluding hydrogens is 398 g/mol. The predicted molar refractivity (Wildman–Crippen MR) is 121 cm³/mol. The first-order chi connectivity index (χ1) is 14.2. The molecule has 30 heavy (non-hydrogen) atoms. The summed E-state index contributed by atoms with van der Waals surface area (Å²) in [4.78, 5) is 13.3. The molecule has 7 nitrogen and oxygen atoms in total. The van der Waals surface area contributed by atoms with Gasteiger partial charge >= 0.3 is 0 Å². The van der Waals surface area contributed by atoms with Gasteiger partial charge in [-0.15, -0.1) is 0 Å². The van der Waals surface area contributed by atoms with E-state index in [0.717, 1.165) is 22.3 Å². The molecule has 0 radical (unpaired) electrons. The molecule has 0 aliphatic heterocycles. The average molecular weight is 424 g/mol. The normalized spacial score (nSPS) is 12.1.